The predicted molar refractivity (Wildman–Crippen MR) is 161 cm³/mol. The number of nitrogens with zero attached hydrogens (tertiary/aromatic N) is 4. The minimum absolute atomic E-state index is 0.0541. The van der Waals surface area contributed by atoms with E-state index in [1.807, 2.05) is 48.5 Å². The maximum Gasteiger partial charge on any atom is 0.221 e. The molecule has 9 nitrogen and oxygen atoms in total. The molecule has 11 heteroatoms. The lowest BCUT2D eigenvalue weighted by molar-refractivity contribution is -0.119. The van der Waals surface area contributed by atoms with E-state index in [0.717, 1.165) is 27.8 Å². The molecule has 3 aromatic heterocycles. The van der Waals surface area contributed by atoms with Gasteiger partial charge in [0.1, 0.15) is 5.52 Å². The maximum absolute atomic E-state index is 11.5. The van der Waals surface area contributed by atoms with Gasteiger partial charge in [-0.25, -0.2) is 15.0 Å². The van der Waals surface area contributed by atoms with Gasteiger partial charge in [0.05, 0.1) is 34.1 Å². The van der Waals surface area contributed by atoms with E-state index < -0.39 is 0 Å². The normalized spacial score (nSPS) is 14.7. The zero-order valence-corrected chi connectivity index (χ0v) is 23.5. The second-order valence-electron chi connectivity index (χ2n) is 9.49. The van der Waals surface area contributed by atoms with Gasteiger partial charge in [-0.15, -0.1) is 0 Å². The Bertz CT molecular complexity index is 1760. The summed E-state index contributed by atoms with van der Waals surface area (Å²) >= 11 is 13.9. The summed E-state index contributed by atoms with van der Waals surface area (Å²) in [6.45, 7) is 1.14. The first kappa shape index (κ1) is 26.9. The highest BCUT2D eigenvalue weighted by atomic mass is 35.5. The van der Waals surface area contributed by atoms with Crippen molar-refractivity contribution in [2.45, 2.75) is 19.0 Å². The van der Waals surface area contributed by atoms with E-state index in [2.05, 4.69) is 30.9 Å². The van der Waals surface area contributed by atoms with Crippen molar-refractivity contribution in [1.82, 2.24) is 30.6 Å². The van der Waals surface area contributed by atoms with Crippen LogP contribution in [0.1, 0.15) is 12.0 Å². The standard InChI is InChI=1S/C30H25Cl2N7O2/c1-41-30-17(15-36-18-14-25(40)37-16-18)8-9-22(39-30)21-6-2-4-19(26(21)31)20-5-3-7-23(27(20)32)38-29-28-24(10-11-35-29)33-12-13-34-28/h2-13,18,36H,14-16H2,1H3,(H,35,38)(H,37,40). The molecule has 1 atom stereocenters. The molecule has 206 valence electrons. The van der Waals surface area contributed by atoms with Gasteiger partial charge in [0.25, 0.3) is 0 Å². The largest absolute Gasteiger partial charge is 0.481 e. The van der Waals surface area contributed by atoms with E-state index in [9.17, 15) is 4.79 Å². The van der Waals surface area contributed by atoms with Crippen LogP contribution in [0.3, 0.4) is 0 Å². The fraction of sp³-hybridized carbons (Fsp3) is 0.167. The Morgan fingerprint density at radius 1 is 0.927 bits per heavy atom. The number of benzene rings is 2. The molecule has 1 unspecified atom stereocenters. The molecule has 2 aromatic carbocycles. The number of carbonyl (C=O) groups excluding carboxylic acids is 1. The van der Waals surface area contributed by atoms with Crippen molar-refractivity contribution in [2.75, 3.05) is 19.0 Å². The Balaban J connectivity index is 1.30. The van der Waals surface area contributed by atoms with Gasteiger partial charge in [-0.3, -0.25) is 9.78 Å². The summed E-state index contributed by atoms with van der Waals surface area (Å²) in [7, 11) is 1.59. The number of amides is 1. The zero-order chi connectivity index (χ0) is 28.3. The van der Waals surface area contributed by atoms with E-state index in [-0.39, 0.29) is 11.9 Å². The fourth-order valence-electron chi connectivity index (χ4n) is 4.82. The van der Waals surface area contributed by atoms with Crippen molar-refractivity contribution in [2.24, 2.45) is 0 Å². The lowest BCUT2D eigenvalue weighted by Crippen LogP contribution is -2.30. The van der Waals surface area contributed by atoms with E-state index in [1.165, 1.54) is 0 Å². The maximum atomic E-state index is 11.5. The Kier molecular flexibility index (Phi) is 7.65. The highest BCUT2D eigenvalue weighted by Crippen LogP contribution is 2.42. The van der Waals surface area contributed by atoms with Crippen LogP contribution >= 0.6 is 23.2 Å². The summed E-state index contributed by atoms with van der Waals surface area (Å²) in [6.07, 6.45) is 5.40. The smallest absolute Gasteiger partial charge is 0.221 e. The van der Waals surface area contributed by atoms with Gasteiger partial charge >= 0.3 is 0 Å². The van der Waals surface area contributed by atoms with Gasteiger partial charge in [-0.2, -0.15) is 0 Å². The Morgan fingerprint density at radius 2 is 1.71 bits per heavy atom. The average molecular weight is 586 g/mol. The number of fused-ring (bicyclic) bond motifs is 1. The summed E-state index contributed by atoms with van der Waals surface area (Å²) in [5.41, 5.74) is 5.83. The van der Waals surface area contributed by atoms with Crippen LogP contribution in [0.5, 0.6) is 5.88 Å². The number of ether oxygens (including phenoxy) is 1. The number of methoxy groups -OCH3 is 1. The molecule has 0 saturated carbocycles. The van der Waals surface area contributed by atoms with Crippen LogP contribution < -0.4 is 20.7 Å². The topological polar surface area (TPSA) is 114 Å². The van der Waals surface area contributed by atoms with Crippen LogP contribution in [-0.2, 0) is 11.3 Å². The van der Waals surface area contributed by atoms with Crippen molar-refractivity contribution < 1.29 is 9.53 Å². The lowest BCUT2D eigenvalue weighted by atomic mass is 10.00. The molecule has 0 bridgehead atoms. The molecule has 41 heavy (non-hydrogen) atoms. The Hall–Kier alpha value is -4.31. The number of aromatic nitrogens is 4. The van der Waals surface area contributed by atoms with E-state index in [1.54, 1.807) is 31.8 Å². The summed E-state index contributed by atoms with van der Waals surface area (Å²) in [4.78, 5) is 29.4. The first-order valence-electron chi connectivity index (χ1n) is 13.0. The molecular formula is C30H25Cl2N7O2. The Morgan fingerprint density at radius 3 is 2.51 bits per heavy atom. The fourth-order valence-corrected chi connectivity index (χ4v) is 5.42. The molecule has 6 rings (SSSR count). The molecule has 1 saturated heterocycles. The molecule has 0 aliphatic carbocycles. The molecule has 5 aromatic rings. The lowest BCUT2D eigenvalue weighted by Gasteiger charge is -2.16. The zero-order valence-electron chi connectivity index (χ0n) is 22.0. The molecule has 4 heterocycles. The van der Waals surface area contributed by atoms with Gasteiger partial charge in [-0.05, 0) is 18.2 Å². The number of halogens is 2. The summed E-state index contributed by atoms with van der Waals surface area (Å²) < 4.78 is 5.60. The molecule has 1 aliphatic rings. The first-order chi connectivity index (χ1) is 20.0. The van der Waals surface area contributed by atoms with Gasteiger partial charge in [-0.1, -0.05) is 59.6 Å². The number of rotatable bonds is 8. The number of pyridine rings is 2. The Labute approximate surface area is 246 Å². The highest BCUT2D eigenvalue weighted by molar-refractivity contribution is 6.39. The molecule has 1 aliphatic heterocycles. The van der Waals surface area contributed by atoms with Gasteiger partial charge in [0.2, 0.25) is 11.8 Å². The summed E-state index contributed by atoms with van der Waals surface area (Å²) in [6, 6.07) is 17.2. The molecular weight excluding hydrogens is 561 g/mol. The van der Waals surface area contributed by atoms with Gasteiger partial charge < -0.3 is 20.7 Å². The van der Waals surface area contributed by atoms with Crippen LogP contribution in [0.15, 0.2) is 73.2 Å². The van der Waals surface area contributed by atoms with Gasteiger partial charge in [0, 0.05) is 66.4 Å². The predicted octanol–water partition coefficient (Wildman–Crippen LogP) is 5.79. The average Bonchev–Trinajstić information content (AvgIpc) is 3.42. The van der Waals surface area contributed by atoms with E-state index in [0.29, 0.717) is 58.2 Å². The van der Waals surface area contributed by atoms with E-state index >= 15 is 0 Å². The van der Waals surface area contributed by atoms with Crippen molar-refractivity contribution in [3.8, 4) is 28.3 Å². The third-order valence-corrected chi connectivity index (χ3v) is 7.71. The second kappa shape index (κ2) is 11.7. The van der Waals surface area contributed by atoms with Gasteiger partial charge in [0.15, 0.2) is 5.82 Å². The number of hydrogen-bond acceptors (Lipinski definition) is 8. The van der Waals surface area contributed by atoms with Crippen molar-refractivity contribution in [1.29, 1.82) is 0 Å². The monoisotopic (exact) mass is 585 g/mol. The van der Waals surface area contributed by atoms with Crippen molar-refractivity contribution in [3.05, 3.63) is 88.8 Å². The molecule has 3 N–H and O–H groups in total. The first-order valence-corrected chi connectivity index (χ1v) is 13.7. The van der Waals surface area contributed by atoms with Crippen LogP contribution in [0.4, 0.5) is 11.5 Å². The number of hydrogen-bond donors (Lipinski definition) is 3. The third-order valence-electron chi connectivity index (χ3n) is 6.89. The van der Waals surface area contributed by atoms with Crippen LogP contribution in [0, 0.1) is 0 Å². The van der Waals surface area contributed by atoms with E-state index in [4.69, 9.17) is 32.9 Å². The van der Waals surface area contributed by atoms with Crippen molar-refractivity contribution in [3.63, 3.8) is 0 Å². The minimum Gasteiger partial charge on any atom is -0.481 e. The summed E-state index contributed by atoms with van der Waals surface area (Å²) in [5.74, 6) is 1.10. The second-order valence-corrected chi connectivity index (χ2v) is 10.2. The molecule has 1 fully saturated rings. The minimum atomic E-state index is 0.0541. The summed E-state index contributed by atoms with van der Waals surface area (Å²) in [5, 5.41) is 10.5. The third kappa shape index (κ3) is 5.52. The highest BCUT2D eigenvalue weighted by Gasteiger charge is 2.22. The number of anilines is 2. The van der Waals surface area contributed by atoms with Crippen LogP contribution in [0.25, 0.3) is 33.4 Å². The quantitative estimate of drug-likeness (QED) is 0.209. The SMILES string of the molecule is COc1nc(-c2cccc(-c3cccc(Nc4nccc5nccnc45)c3Cl)c2Cl)ccc1CNC1CNC(=O)C1. The molecule has 0 radical (unpaired) electrons. The molecule has 0 spiro atoms. The van der Waals surface area contributed by atoms with Crippen LogP contribution in [-0.4, -0.2) is 45.5 Å². The number of carbonyl (C=O) groups is 1. The van der Waals surface area contributed by atoms with Crippen LogP contribution in [0.2, 0.25) is 10.0 Å². The van der Waals surface area contributed by atoms with Crippen molar-refractivity contribution >= 4 is 51.6 Å². The molecule has 1 amide bonds. The number of nitrogens with one attached hydrogen (secondary N) is 3.